The number of aromatic nitrogens is 3. The van der Waals surface area contributed by atoms with Crippen molar-refractivity contribution in [2.24, 2.45) is 0 Å². The molecule has 0 spiro atoms. The molecule has 7 nitrogen and oxygen atoms in total. The summed E-state index contributed by atoms with van der Waals surface area (Å²) in [5.41, 5.74) is 1.12. The summed E-state index contributed by atoms with van der Waals surface area (Å²) in [5, 5.41) is 8.83. The van der Waals surface area contributed by atoms with E-state index in [0.717, 1.165) is 5.56 Å². The van der Waals surface area contributed by atoms with E-state index in [-0.39, 0.29) is 5.56 Å². The molecular weight excluding hydrogens is 414 g/mol. The molecule has 0 aliphatic heterocycles. The molecule has 0 unspecified atom stereocenters. The van der Waals surface area contributed by atoms with Crippen molar-refractivity contribution in [2.75, 3.05) is 21.3 Å². The Morgan fingerprint density at radius 3 is 2.52 bits per heavy atom. The van der Waals surface area contributed by atoms with Crippen LogP contribution in [0.2, 0.25) is 5.02 Å². The van der Waals surface area contributed by atoms with Gasteiger partial charge in [-0.05, 0) is 36.4 Å². The summed E-state index contributed by atoms with van der Waals surface area (Å²) >= 11 is 7.38. The molecular formula is C20H16ClN3O4S. The van der Waals surface area contributed by atoms with Gasteiger partial charge in [0, 0.05) is 16.7 Å². The van der Waals surface area contributed by atoms with E-state index in [9.17, 15) is 4.79 Å². The maximum absolute atomic E-state index is 13.1. The largest absolute Gasteiger partial charge is 0.497 e. The first-order valence-corrected chi connectivity index (χ1v) is 9.70. The van der Waals surface area contributed by atoms with Crippen LogP contribution in [-0.2, 0) is 0 Å². The fourth-order valence-corrected chi connectivity index (χ4v) is 4.05. The summed E-state index contributed by atoms with van der Waals surface area (Å²) < 4.78 is 18.0. The van der Waals surface area contributed by atoms with Crippen molar-refractivity contribution in [3.63, 3.8) is 0 Å². The first kappa shape index (κ1) is 19.2. The molecule has 0 radical (unpaired) electrons. The van der Waals surface area contributed by atoms with Crippen LogP contribution < -0.4 is 24.3 Å². The second-order valence-corrected chi connectivity index (χ2v) is 7.46. The van der Waals surface area contributed by atoms with E-state index in [1.807, 2.05) is 6.07 Å². The third kappa shape index (κ3) is 3.41. The highest BCUT2D eigenvalue weighted by atomic mass is 35.5. The molecule has 2 heterocycles. The van der Waals surface area contributed by atoms with Crippen LogP contribution in [0.4, 0.5) is 0 Å². The number of ether oxygens (including phenoxy) is 3. The molecule has 4 rings (SSSR count). The minimum Gasteiger partial charge on any atom is -0.497 e. The molecule has 0 aliphatic rings. The Morgan fingerprint density at radius 1 is 1.00 bits per heavy atom. The van der Waals surface area contributed by atoms with E-state index in [2.05, 4.69) is 10.2 Å². The number of rotatable bonds is 5. The van der Waals surface area contributed by atoms with Gasteiger partial charge in [-0.3, -0.25) is 4.79 Å². The van der Waals surface area contributed by atoms with Crippen LogP contribution in [-0.4, -0.2) is 35.9 Å². The number of hydrogen-bond donors (Lipinski definition) is 0. The van der Waals surface area contributed by atoms with Gasteiger partial charge in [0.25, 0.3) is 5.56 Å². The first-order valence-electron chi connectivity index (χ1n) is 8.51. The summed E-state index contributed by atoms with van der Waals surface area (Å²) in [4.78, 5) is 13.6. The number of methoxy groups -OCH3 is 3. The number of halogens is 1. The van der Waals surface area contributed by atoms with E-state index in [0.29, 0.717) is 43.2 Å². The van der Waals surface area contributed by atoms with Crippen LogP contribution in [0.1, 0.15) is 5.56 Å². The molecule has 148 valence electrons. The zero-order valence-electron chi connectivity index (χ0n) is 15.8. The maximum Gasteiger partial charge on any atom is 0.276 e. The lowest BCUT2D eigenvalue weighted by molar-refractivity contribution is 0.393. The van der Waals surface area contributed by atoms with Gasteiger partial charge in [-0.1, -0.05) is 22.9 Å². The Balaban J connectivity index is 1.91. The van der Waals surface area contributed by atoms with E-state index in [4.69, 9.17) is 25.8 Å². The van der Waals surface area contributed by atoms with Gasteiger partial charge in [0.15, 0.2) is 5.82 Å². The van der Waals surface area contributed by atoms with Crippen LogP contribution in [0.5, 0.6) is 17.2 Å². The molecule has 0 amide bonds. The fourth-order valence-electron chi connectivity index (χ4n) is 2.97. The van der Waals surface area contributed by atoms with Crippen molar-refractivity contribution < 1.29 is 14.2 Å². The van der Waals surface area contributed by atoms with E-state index in [1.165, 1.54) is 15.7 Å². The Kier molecular flexibility index (Phi) is 5.12. The minimum atomic E-state index is -0.232. The average Bonchev–Trinajstić information content (AvgIpc) is 3.28. The van der Waals surface area contributed by atoms with E-state index >= 15 is 0 Å². The number of benzene rings is 2. The predicted molar refractivity (Wildman–Crippen MR) is 112 cm³/mol. The van der Waals surface area contributed by atoms with Crippen LogP contribution in [0.3, 0.4) is 0 Å². The fraction of sp³-hybridized carbons (Fsp3) is 0.150. The number of fused-ring (bicyclic) bond motifs is 1. The van der Waals surface area contributed by atoms with Crippen molar-refractivity contribution in [1.29, 1.82) is 0 Å². The van der Waals surface area contributed by atoms with Crippen molar-refractivity contribution in [3.05, 3.63) is 61.9 Å². The first-order chi connectivity index (χ1) is 14.0. The summed E-state index contributed by atoms with van der Waals surface area (Å²) in [6.45, 7) is 0. The van der Waals surface area contributed by atoms with Crippen LogP contribution in [0.25, 0.3) is 22.4 Å². The number of thiazole rings is 1. The van der Waals surface area contributed by atoms with Crippen LogP contribution in [0.15, 0.2) is 41.2 Å². The molecule has 0 N–H and O–H groups in total. The maximum atomic E-state index is 13.1. The zero-order valence-corrected chi connectivity index (χ0v) is 17.4. The molecule has 2 aromatic carbocycles. The lowest BCUT2D eigenvalue weighted by Gasteiger charge is -2.07. The summed E-state index contributed by atoms with van der Waals surface area (Å²) in [6.07, 6.45) is 1.76. The van der Waals surface area contributed by atoms with Gasteiger partial charge in [-0.25, -0.2) is 4.40 Å². The molecule has 2 aromatic heterocycles. The van der Waals surface area contributed by atoms with Gasteiger partial charge < -0.3 is 14.2 Å². The highest BCUT2D eigenvalue weighted by Crippen LogP contribution is 2.31. The Hall–Kier alpha value is -3.10. The van der Waals surface area contributed by atoms with Gasteiger partial charge in [-0.2, -0.15) is 0 Å². The second kappa shape index (κ2) is 7.73. The normalized spacial score (nSPS) is 11.8. The van der Waals surface area contributed by atoms with Crippen molar-refractivity contribution in [1.82, 2.24) is 14.6 Å². The Bertz CT molecular complexity index is 1320. The van der Waals surface area contributed by atoms with Gasteiger partial charge in [-0.15, -0.1) is 10.2 Å². The quantitative estimate of drug-likeness (QED) is 0.485. The molecule has 0 bridgehead atoms. The Labute approximate surface area is 174 Å². The van der Waals surface area contributed by atoms with Crippen LogP contribution >= 0.6 is 22.9 Å². The monoisotopic (exact) mass is 429 g/mol. The SMILES string of the molecule is COc1ccc(/C=c2\sc3nnc(-c4cc(Cl)ccc4OC)n3c2=O)c(OC)c1. The molecule has 0 saturated heterocycles. The molecule has 29 heavy (non-hydrogen) atoms. The van der Waals surface area contributed by atoms with Crippen molar-refractivity contribution >= 4 is 34.0 Å². The summed E-state index contributed by atoms with van der Waals surface area (Å²) in [5.74, 6) is 2.20. The zero-order chi connectivity index (χ0) is 20.5. The summed E-state index contributed by atoms with van der Waals surface area (Å²) in [6, 6.07) is 10.5. The molecule has 4 aromatic rings. The van der Waals surface area contributed by atoms with Gasteiger partial charge >= 0.3 is 0 Å². The average molecular weight is 430 g/mol. The number of nitrogens with zero attached hydrogens (tertiary/aromatic N) is 3. The Morgan fingerprint density at radius 2 is 1.79 bits per heavy atom. The van der Waals surface area contributed by atoms with Gasteiger partial charge in [0.05, 0.1) is 31.4 Å². The second-order valence-electron chi connectivity index (χ2n) is 6.01. The van der Waals surface area contributed by atoms with Crippen molar-refractivity contribution in [3.8, 4) is 28.6 Å². The minimum absolute atomic E-state index is 0.232. The molecule has 9 heteroatoms. The molecule has 0 saturated carbocycles. The third-order valence-electron chi connectivity index (χ3n) is 4.38. The van der Waals surface area contributed by atoms with E-state index in [1.54, 1.807) is 57.7 Å². The number of hydrogen-bond acceptors (Lipinski definition) is 7. The lowest BCUT2D eigenvalue weighted by atomic mass is 10.2. The lowest BCUT2D eigenvalue weighted by Crippen LogP contribution is -2.23. The molecule has 0 atom stereocenters. The topological polar surface area (TPSA) is 75.0 Å². The highest BCUT2D eigenvalue weighted by Gasteiger charge is 2.18. The van der Waals surface area contributed by atoms with Gasteiger partial charge in [0.2, 0.25) is 4.96 Å². The molecule has 0 aliphatic carbocycles. The summed E-state index contributed by atoms with van der Waals surface area (Å²) in [7, 11) is 4.70. The van der Waals surface area contributed by atoms with Crippen LogP contribution in [0, 0.1) is 0 Å². The molecule has 0 fully saturated rings. The highest BCUT2D eigenvalue weighted by molar-refractivity contribution is 7.15. The third-order valence-corrected chi connectivity index (χ3v) is 5.57. The van der Waals surface area contributed by atoms with E-state index < -0.39 is 0 Å². The smallest absolute Gasteiger partial charge is 0.276 e. The van der Waals surface area contributed by atoms with Gasteiger partial charge in [0.1, 0.15) is 17.2 Å². The predicted octanol–water partition coefficient (Wildman–Crippen LogP) is 3.04. The standard InChI is InChI=1S/C20H16ClN3O4S/c1-26-13-6-4-11(16(10-13)28-3)8-17-19(25)24-18(22-23-20(24)29-17)14-9-12(21)5-7-15(14)27-2/h4-10H,1-3H3/b17-8-. The van der Waals surface area contributed by atoms with Crippen molar-refractivity contribution in [2.45, 2.75) is 0 Å².